The van der Waals surface area contributed by atoms with E-state index in [9.17, 15) is 13.2 Å². The zero-order valence-electron chi connectivity index (χ0n) is 15.4. The molecule has 0 heterocycles. The topological polar surface area (TPSA) is 72.9 Å². The number of aryl methyl sites for hydroxylation is 1. The van der Waals surface area contributed by atoms with Gasteiger partial charge in [-0.25, -0.2) is 13.2 Å². The predicted molar refractivity (Wildman–Crippen MR) is 99.2 cm³/mol. The van der Waals surface area contributed by atoms with E-state index in [-0.39, 0.29) is 10.5 Å². The van der Waals surface area contributed by atoms with E-state index in [0.717, 1.165) is 5.56 Å². The van der Waals surface area contributed by atoms with Crippen molar-refractivity contribution in [2.75, 3.05) is 20.2 Å². The number of sulfonamides is 1. The SMILES string of the molecule is CCN(CC)S(=O)(=O)c1ccc(C(=O)Oc2ccc(C)cc2OC)cc1. The summed E-state index contributed by atoms with van der Waals surface area (Å²) in [6.45, 7) is 6.23. The first-order valence-electron chi connectivity index (χ1n) is 8.30. The summed E-state index contributed by atoms with van der Waals surface area (Å²) in [6.07, 6.45) is 0. The molecule has 0 saturated heterocycles. The van der Waals surface area contributed by atoms with Crippen LogP contribution in [0.3, 0.4) is 0 Å². The van der Waals surface area contributed by atoms with Gasteiger partial charge in [-0.15, -0.1) is 0 Å². The molecule has 0 saturated carbocycles. The van der Waals surface area contributed by atoms with Crippen molar-refractivity contribution in [3.63, 3.8) is 0 Å². The van der Waals surface area contributed by atoms with E-state index >= 15 is 0 Å². The Labute approximate surface area is 154 Å². The van der Waals surface area contributed by atoms with Crippen molar-refractivity contribution in [1.29, 1.82) is 0 Å². The van der Waals surface area contributed by atoms with Gasteiger partial charge in [-0.05, 0) is 48.9 Å². The highest BCUT2D eigenvalue weighted by Gasteiger charge is 2.22. The average Bonchev–Trinajstić information content (AvgIpc) is 2.64. The van der Waals surface area contributed by atoms with Crippen LogP contribution in [0.2, 0.25) is 0 Å². The molecule has 2 rings (SSSR count). The fourth-order valence-corrected chi connectivity index (χ4v) is 3.95. The number of rotatable bonds is 7. The standard InChI is InChI=1S/C19H23NO5S/c1-5-20(6-2)26(22,23)16-10-8-15(9-11-16)19(21)25-17-12-7-14(3)13-18(17)24-4/h7-13H,5-6H2,1-4H3. The molecule has 0 aliphatic carbocycles. The van der Waals surface area contributed by atoms with Gasteiger partial charge in [0.1, 0.15) is 0 Å². The molecule has 0 amide bonds. The summed E-state index contributed by atoms with van der Waals surface area (Å²) in [5, 5.41) is 0. The highest BCUT2D eigenvalue weighted by atomic mass is 32.2. The maximum absolute atomic E-state index is 12.5. The molecule has 0 aromatic heterocycles. The van der Waals surface area contributed by atoms with Gasteiger partial charge in [0.2, 0.25) is 10.0 Å². The van der Waals surface area contributed by atoms with Crippen LogP contribution in [0.5, 0.6) is 11.5 Å². The number of nitrogens with zero attached hydrogens (tertiary/aromatic N) is 1. The molecule has 0 unspecified atom stereocenters. The number of hydrogen-bond donors (Lipinski definition) is 0. The molecule has 0 aliphatic heterocycles. The zero-order chi connectivity index (χ0) is 19.3. The van der Waals surface area contributed by atoms with Crippen LogP contribution in [-0.4, -0.2) is 38.9 Å². The van der Waals surface area contributed by atoms with Crippen molar-refractivity contribution in [3.8, 4) is 11.5 Å². The fraction of sp³-hybridized carbons (Fsp3) is 0.316. The molecule has 7 heteroatoms. The van der Waals surface area contributed by atoms with Gasteiger partial charge in [0.05, 0.1) is 17.6 Å². The van der Waals surface area contributed by atoms with E-state index in [2.05, 4.69) is 0 Å². The van der Waals surface area contributed by atoms with Crippen LogP contribution in [0.4, 0.5) is 0 Å². The third kappa shape index (κ3) is 4.23. The largest absolute Gasteiger partial charge is 0.493 e. The lowest BCUT2D eigenvalue weighted by Gasteiger charge is -2.18. The summed E-state index contributed by atoms with van der Waals surface area (Å²) in [5.41, 5.74) is 1.23. The van der Waals surface area contributed by atoms with Crippen LogP contribution in [0, 0.1) is 6.92 Å². The summed E-state index contributed by atoms with van der Waals surface area (Å²) in [7, 11) is -2.06. The van der Waals surface area contributed by atoms with Gasteiger partial charge in [0, 0.05) is 13.1 Å². The third-order valence-corrected chi connectivity index (χ3v) is 6.02. The van der Waals surface area contributed by atoms with Crippen LogP contribution < -0.4 is 9.47 Å². The van der Waals surface area contributed by atoms with E-state index in [1.807, 2.05) is 13.0 Å². The van der Waals surface area contributed by atoms with Crippen molar-refractivity contribution in [2.24, 2.45) is 0 Å². The van der Waals surface area contributed by atoms with Crippen LogP contribution in [0.15, 0.2) is 47.4 Å². The Morgan fingerprint density at radius 1 is 1.00 bits per heavy atom. The maximum atomic E-state index is 12.5. The monoisotopic (exact) mass is 377 g/mol. The summed E-state index contributed by atoms with van der Waals surface area (Å²) < 4.78 is 36.9. The molecule has 0 aliphatic rings. The zero-order valence-corrected chi connectivity index (χ0v) is 16.2. The Kier molecular flexibility index (Phi) is 6.39. The molecule has 2 aromatic rings. The Morgan fingerprint density at radius 3 is 2.15 bits per heavy atom. The molecule has 0 atom stereocenters. The van der Waals surface area contributed by atoms with Crippen molar-refractivity contribution in [1.82, 2.24) is 4.31 Å². The van der Waals surface area contributed by atoms with Crippen molar-refractivity contribution < 1.29 is 22.7 Å². The maximum Gasteiger partial charge on any atom is 0.343 e. The van der Waals surface area contributed by atoms with E-state index in [1.165, 1.54) is 35.7 Å². The lowest BCUT2D eigenvalue weighted by molar-refractivity contribution is 0.0729. The van der Waals surface area contributed by atoms with Crippen LogP contribution in [-0.2, 0) is 10.0 Å². The van der Waals surface area contributed by atoms with Gasteiger partial charge in [-0.1, -0.05) is 19.9 Å². The van der Waals surface area contributed by atoms with Crippen LogP contribution in [0.1, 0.15) is 29.8 Å². The van der Waals surface area contributed by atoms with Crippen molar-refractivity contribution >= 4 is 16.0 Å². The lowest BCUT2D eigenvalue weighted by Crippen LogP contribution is -2.30. The molecular weight excluding hydrogens is 354 g/mol. The van der Waals surface area contributed by atoms with E-state index in [4.69, 9.17) is 9.47 Å². The molecule has 0 spiro atoms. The van der Waals surface area contributed by atoms with E-state index in [0.29, 0.717) is 24.6 Å². The second-order valence-corrected chi connectivity index (χ2v) is 7.60. The molecule has 2 aromatic carbocycles. The fourth-order valence-electron chi connectivity index (χ4n) is 2.49. The Bertz CT molecular complexity index is 871. The molecule has 0 fully saturated rings. The first-order valence-corrected chi connectivity index (χ1v) is 9.74. The Balaban J connectivity index is 2.22. The van der Waals surface area contributed by atoms with E-state index in [1.54, 1.807) is 26.0 Å². The first kappa shape index (κ1) is 19.9. The van der Waals surface area contributed by atoms with Crippen molar-refractivity contribution in [2.45, 2.75) is 25.7 Å². The van der Waals surface area contributed by atoms with Gasteiger partial charge in [-0.2, -0.15) is 4.31 Å². The number of ether oxygens (including phenoxy) is 2. The quantitative estimate of drug-likeness (QED) is 0.547. The summed E-state index contributed by atoms with van der Waals surface area (Å²) in [5.74, 6) is 0.181. The van der Waals surface area contributed by atoms with Gasteiger partial charge < -0.3 is 9.47 Å². The lowest BCUT2D eigenvalue weighted by atomic mass is 10.2. The van der Waals surface area contributed by atoms with Crippen LogP contribution in [0.25, 0.3) is 0 Å². The first-order chi connectivity index (χ1) is 12.3. The minimum Gasteiger partial charge on any atom is -0.493 e. The highest BCUT2D eigenvalue weighted by molar-refractivity contribution is 7.89. The summed E-state index contributed by atoms with van der Waals surface area (Å²) >= 11 is 0. The number of esters is 1. The number of carbonyl (C=O) groups is 1. The third-order valence-electron chi connectivity index (χ3n) is 3.95. The smallest absolute Gasteiger partial charge is 0.343 e. The Hall–Kier alpha value is -2.38. The van der Waals surface area contributed by atoms with Crippen molar-refractivity contribution in [3.05, 3.63) is 53.6 Å². The van der Waals surface area contributed by atoms with Gasteiger partial charge in [0.25, 0.3) is 0 Å². The average molecular weight is 377 g/mol. The summed E-state index contributed by atoms with van der Waals surface area (Å²) in [4.78, 5) is 12.5. The molecule has 26 heavy (non-hydrogen) atoms. The second-order valence-electron chi connectivity index (χ2n) is 5.66. The number of hydrogen-bond acceptors (Lipinski definition) is 5. The van der Waals surface area contributed by atoms with Gasteiger partial charge in [-0.3, -0.25) is 0 Å². The van der Waals surface area contributed by atoms with Gasteiger partial charge >= 0.3 is 5.97 Å². The normalized spacial score (nSPS) is 11.4. The Morgan fingerprint density at radius 2 is 1.62 bits per heavy atom. The summed E-state index contributed by atoms with van der Waals surface area (Å²) in [6, 6.07) is 10.9. The molecule has 0 radical (unpaired) electrons. The second kappa shape index (κ2) is 8.33. The van der Waals surface area contributed by atoms with E-state index < -0.39 is 16.0 Å². The molecule has 0 bridgehead atoms. The minimum atomic E-state index is -3.56. The highest BCUT2D eigenvalue weighted by Crippen LogP contribution is 2.28. The minimum absolute atomic E-state index is 0.144. The predicted octanol–water partition coefficient (Wildman–Crippen LogP) is 3.25. The van der Waals surface area contributed by atoms with Gasteiger partial charge in [0.15, 0.2) is 11.5 Å². The molecule has 0 N–H and O–H groups in total. The number of carbonyl (C=O) groups excluding carboxylic acids is 1. The van der Waals surface area contributed by atoms with Crippen LogP contribution >= 0.6 is 0 Å². The molecule has 6 nitrogen and oxygen atoms in total. The number of benzene rings is 2. The molecular formula is C19H23NO5S. The number of methoxy groups -OCH3 is 1. The molecule has 140 valence electrons.